The van der Waals surface area contributed by atoms with Crippen molar-refractivity contribution in [3.8, 4) is 10.4 Å². The predicted molar refractivity (Wildman–Crippen MR) is 80.8 cm³/mol. The Balaban J connectivity index is 2.43. The van der Waals surface area contributed by atoms with Gasteiger partial charge in [0.1, 0.15) is 5.00 Å². The number of carbonyl (C=O) groups is 2. The Morgan fingerprint density at radius 2 is 2.00 bits per heavy atom. The number of hydrogen-bond donors (Lipinski definition) is 4. The Labute approximate surface area is 119 Å². The summed E-state index contributed by atoms with van der Waals surface area (Å²) in [5.74, 6) is -0.595. The van der Waals surface area contributed by atoms with Crippen molar-refractivity contribution in [3.63, 3.8) is 0 Å². The van der Waals surface area contributed by atoms with E-state index in [1.54, 1.807) is 18.2 Å². The Hall–Kier alpha value is -2.54. The van der Waals surface area contributed by atoms with Crippen LogP contribution < -0.4 is 22.1 Å². The molecule has 20 heavy (non-hydrogen) atoms. The first kappa shape index (κ1) is 13.9. The maximum Gasteiger partial charge on any atom is 0.319 e. The number of nitrogens with two attached hydrogens (primary N) is 2. The number of carbonyl (C=O) groups excluding carboxylic acids is 2. The third-order valence-corrected chi connectivity index (χ3v) is 3.72. The second kappa shape index (κ2) is 5.62. The summed E-state index contributed by atoms with van der Waals surface area (Å²) in [4.78, 5) is 23.6. The summed E-state index contributed by atoms with van der Waals surface area (Å²) in [5.41, 5.74) is 12.8. The van der Waals surface area contributed by atoms with E-state index in [0.717, 1.165) is 10.4 Å². The molecule has 0 saturated heterocycles. The van der Waals surface area contributed by atoms with Crippen molar-refractivity contribution >= 4 is 34.0 Å². The van der Waals surface area contributed by atoms with Gasteiger partial charge >= 0.3 is 6.03 Å². The summed E-state index contributed by atoms with van der Waals surface area (Å²) in [6, 6.07) is 8.49. The molecule has 0 aliphatic carbocycles. The lowest BCUT2D eigenvalue weighted by Crippen LogP contribution is -2.25. The van der Waals surface area contributed by atoms with Gasteiger partial charge in [0.15, 0.2) is 0 Å². The first-order valence-corrected chi connectivity index (χ1v) is 6.61. The summed E-state index contributed by atoms with van der Waals surface area (Å²) < 4.78 is 0. The standard InChI is InChI=1S/C13H14N4O2S/c1-16-13(19)17-12-9(11(15)18)6-10(20-12)7-3-2-4-8(14)5-7/h2-6H,14H2,1H3,(H2,15,18)(H2,16,17,19). The van der Waals surface area contributed by atoms with Crippen LogP contribution in [0.1, 0.15) is 10.4 Å². The number of rotatable bonds is 3. The highest BCUT2D eigenvalue weighted by Crippen LogP contribution is 2.35. The molecule has 0 aliphatic rings. The lowest BCUT2D eigenvalue weighted by molar-refractivity contribution is 0.100. The molecule has 6 N–H and O–H groups in total. The van der Waals surface area contributed by atoms with E-state index in [9.17, 15) is 9.59 Å². The second-order valence-corrected chi connectivity index (χ2v) is 5.10. The van der Waals surface area contributed by atoms with Crippen molar-refractivity contribution in [2.24, 2.45) is 5.73 Å². The average molecular weight is 290 g/mol. The molecule has 0 unspecified atom stereocenters. The molecule has 6 nitrogen and oxygen atoms in total. The van der Waals surface area contributed by atoms with E-state index < -0.39 is 11.9 Å². The fourth-order valence-electron chi connectivity index (χ4n) is 1.67. The SMILES string of the molecule is CNC(=O)Nc1sc(-c2cccc(N)c2)cc1C(N)=O. The van der Waals surface area contributed by atoms with Crippen LogP contribution in [0.3, 0.4) is 0 Å². The van der Waals surface area contributed by atoms with Gasteiger partial charge < -0.3 is 16.8 Å². The quantitative estimate of drug-likeness (QED) is 0.647. The van der Waals surface area contributed by atoms with Gasteiger partial charge in [-0.3, -0.25) is 10.1 Å². The summed E-state index contributed by atoms with van der Waals surface area (Å²) >= 11 is 1.26. The molecule has 3 amide bonds. The third-order valence-electron chi connectivity index (χ3n) is 2.62. The minimum absolute atomic E-state index is 0.274. The van der Waals surface area contributed by atoms with E-state index in [2.05, 4.69) is 10.6 Å². The van der Waals surface area contributed by atoms with Crippen molar-refractivity contribution in [2.75, 3.05) is 18.1 Å². The summed E-state index contributed by atoms with van der Waals surface area (Å²) in [6.07, 6.45) is 0. The van der Waals surface area contributed by atoms with E-state index >= 15 is 0 Å². The van der Waals surface area contributed by atoms with Crippen LogP contribution in [0.2, 0.25) is 0 Å². The highest BCUT2D eigenvalue weighted by Gasteiger charge is 2.16. The number of nitrogens with one attached hydrogen (secondary N) is 2. The molecular weight excluding hydrogens is 276 g/mol. The molecule has 1 aromatic heterocycles. The number of anilines is 2. The van der Waals surface area contributed by atoms with Crippen molar-refractivity contribution in [1.29, 1.82) is 0 Å². The van der Waals surface area contributed by atoms with Gasteiger partial charge in [0.2, 0.25) is 0 Å². The van der Waals surface area contributed by atoms with Crippen LogP contribution in [0.4, 0.5) is 15.5 Å². The largest absolute Gasteiger partial charge is 0.399 e. The summed E-state index contributed by atoms with van der Waals surface area (Å²) in [7, 11) is 1.49. The number of thiophene rings is 1. The normalized spacial score (nSPS) is 10.1. The maximum atomic E-state index is 11.4. The molecule has 0 bridgehead atoms. The maximum absolute atomic E-state index is 11.4. The first-order chi connectivity index (χ1) is 9.51. The molecule has 2 aromatic rings. The molecule has 0 saturated carbocycles. The molecule has 1 heterocycles. The summed E-state index contributed by atoms with van der Waals surface area (Å²) in [5, 5.41) is 5.42. The lowest BCUT2D eigenvalue weighted by atomic mass is 10.1. The zero-order chi connectivity index (χ0) is 14.7. The van der Waals surface area contributed by atoms with Crippen LogP contribution in [0.25, 0.3) is 10.4 Å². The molecule has 2 rings (SSSR count). The molecule has 0 radical (unpaired) electrons. The Morgan fingerprint density at radius 1 is 1.25 bits per heavy atom. The van der Waals surface area contributed by atoms with Crippen LogP contribution in [0.15, 0.2) is 30.3 Å². The Morgan fingerprint density at radius 3 is 2.60 bits per heavy atom. The van der Waals surface area contributed by atoms with E-state index in [1.807, 2.05) is 12.1 Å². The molecular formula is C13H14N4O2S. The van der Waals surface area contributed by atoms with Gasteiger partial charge in [-0.1, -0.05) is 12.1 Å². The smallest absolute Gasteiger partial charge is 0.319 e. The van der Waals surface area contributed by atoms with Crippen molar-refractivity contribution in [2.45, 2.75) is 0 Å². The van der Waals surface area contributed by atoms with E-state index in [1.165, 1.54) is 18.4 Å². The van der Waals surface area contributed by atoms with Gasteiger partial charge in [0.05, 0.1) is 5.56 Å². The monoisotopic (exact) mass is 290 g/mol. The van der Waals surface area contributed by atoms with E-state index in [4.69, 9.17) is 11.5 Å². The van der Waals surface area contributed by atoms with Gasteiger partial charge in [-0.2, -0.15) is 0 Å². The molecule has 0 fully saturated rings. The van der Waals surface area contributed by atoms with Crippen LogP contribution in [0, 0.1) is 0 Å². The first-order valence-electron chi connectivity index (χ1n) is 5.79. The lowest BCUT2D eigenvalue weighted by Gasteiger charge is -2.02. The van der Waals surface area contributed by atoms with Gasteiger partial charge in [-0.25, -0.2) is 4.79 Å². The highest BCUT2D eigenvalue weighted by molar-refractivity contribution is 7.20. The zero-order valence-electron chi connectivity index (χ0n) is 10.8. The Kier molecular flexibility index (Phi) is 3.90. The van der Waals surface area contributed by atoms with E-state index in [-0.39, 0.29) is 5.56 Å². The number of urea groups is 1. The third kappa shape index (κ3) is 2.89. The molecule has 0 aliphatic heterocycles. The number of hydrogen-bond acceptors (Lipinski definition) is 4. The second-order valence-electron chi connectivity index (χ2n) is 4.05. The van der Waals surface area contributed by atoms with Crippen molar-refractivity contribution < 1.29 is 9.59 Å². The Bertz CT molecular complexity index is 666. The van der Waals surface area contributed by atoms with Crippen molar-refractivity contribution in [1.82, 2.24) is 5.32 Å². The molecule has 0 atom stereocenters. The van der Waals surface area contributed by atoms with Gasteiger partial charge in [-0.05, 0) is 23.8 Å². The van der Waals surface area contributed by atoms with Crippen LogP contribution in [-0.4, -0.2) is 19.0 Å². The molecule has 1 aromatic carbocycles. The average Bonchev–Trinajstić information content (AvgIpc) is 2.82. The van der Waals surface area contributed by atoms with Crippen molar-refractivity contribution in [3.05, 3.63) is 35.9 Å². The molecule has 0 spiro atoms. The number of nitrogen functional groups attached to an aromatic ring is 1. The van der Waals surface area contributed by atoms with Crippen LogP contribution >= 0.6 is 11.3 Å². The fraction of sp³-hybridized carbons (Fsp3) is 0.0769. The zero-order valence-corrected chi connectivity index (χ0v) is 11.6. The fourth-order valence-corrected chi connectivity index (χ4v) is 2.72. The van der Waals surface area contributed by atoms with Crippen LogP contribution in [-0.2, 0) is 0 Å². The highest BCUT2D eigenvalue weighted by atomic mass is 32.1. The number of amides is 3. The molecule has 7 heteroatoms. The van der Waals surface area contributed by atoms with Crippen LogP contribution in [0.5, 0.6) is 0 Å². The minimum Gasteiger partial charge on any atom is -0.399 e. The summed E-state index contributed by atoms with van der Waals surface area (Å²) in [6.45, 7) is 0. The van der Waals surface area contributed by atoms with Gasteiger partial charge in [0, 0.05) is 17.6 Å². The van der Waals surface area contributed by atoms with Gasteiger partial charge in [0.25, 0.3) is 5.91 Å². The predicted octanol–water partition coefficient (Wildman–Crippen LogP) is 1.85. The minimum atomic E-state index is -0.595. The topological polar surface area (TPSA) is 110 Å². The number of primary amides is 1. The molecule has 104 valence electrons. The van der Waals surface area contributed by atoms with E-state index in [0.29, 0.717) is 10.7 Å². The van der Waals surface area contributed by atoms with Gasteiger partial charge in [-0.15, -0.1) is 11.3 Å². The number of benzene rings is 1.